The maximum atomic E-state index is 12.8. The number of hydrogen-bond acceptors (Lipinski definition) is 4. The van der Waals surface area contributed by atoms with Crippen LogP contribution in [0.1, 0.15) is 49.3 Å². The molecule has 1 aromatic heterocycles. The Kier molecular flexibility index (Phi) is 7.23. The third-order valence-electron chi connectivity index (χ3n) is 4.87. The number of fused-ring (bicyclic) bond motifs is 1. The maximum absolute atomic E-state index is 12.8. The van der Waals surface area contributed by atoms with Crippen LogP contribution in [0.5, 0.6) is 0 Å². The zero-order chi connectivity index (χ0) is 19.9. The van der Waals surface area contributed by atoms with Crippen molar-refractivity contribution in [1.29, 1.82) is 0 Å². The number of nitrogens with zero attached hydrogens (tertiary/aromatic N) is 2. The van der Waals surface area contributed by atoms with Crippen LogP contribution < -0.4 is 5.32 Å². The molecule has 0 saturated heterocycles. The van der Waals surface area contributed by atoms with Crippen molar-refractivity contribution in [1.82, 2.24) is 14.9 Å². The fraction of sp³-hybridized carbons (Fsp3) is 0.545. The Hall–Kier alpha value is -2.18. The monoisotopic (exact) mass is 385 g/mol. The number of imidazole rings is 1. The molecule has 1 aliphatic rings. The molecule has 0 aliphatic carbocycles. The fourth-order valence-electron chi connectivity index (χ4n) is 3.50. The van der Waals surface area contributed by atoms with Gasteiger partial charge in [-0.15, -0.1) is 0 Å². The van der Waals surface area contributed by atoms with Crippen molar-refractivity contribution >= 4 is 5.91 Å². The number of benzene rings is 1. The van der Waals surface area contributed by atoms with Gasteiger partial charge in [0.1, 0.15) is 11.5 Å². The van der Waals surface area contributed by atoms with Crippen LogP contribution in [0.15, 0.2) is 30.3 Å². The molecule has 2 heterocycles. The van der Waals surface area contributed by atoms with E-state index in [-0.39, 0.29) is 19.1 Å². The van der Waals surface area contributed by atoms with E-state index in [4.69, 9.17) is 9.72 Å². The quantitative estimate of drug-likeness (QED) is 0.732. The number of aliphatic hydroxyl groups is 1. The summed E-state index contributed by atoms with van der Waals surface area (Å²) < 4.78 is 7.64. The van der Waals surface area contributed by atoms with Gasteiger partial charge >= 0.3 is 0 Å². The number of amides is 1. The van der Waals surface area contributed by atoms with Crippen LogP contribution in [0.3, 0.4) is 0 Å². The number of hydrogen-bond donors (Lipinski definition) is 2. The number of aromatic nitrogens is 2. The summed E-state index contributed by atoms with van der Waals surface area (Å²) in [6, 6.07) is 10.0. The van der Waals surface area contributed by atoms with Crippen LogP contribution in [-0.4, -0.2) is 46.4 Å². The first kappa shape index (κ1) is 20.6. The van der Waals surface area contributed by atoms with Crippen LogP contribution in [-0.2, 0) is 17.7 Å². The Morgan fingerprint density at radius 3 is 2.75 bits per heavy atom. The summed E-state index contributed by atoms with van der Waals surface area (Å²) in [5.41, 5.74) is 2.50. The standard InChI is InChI=1S/C22H31N3O3/c1-16(2)14-28-15-18(26)13-23-22(27)20-19-11-7-4-8-12-25(19)21(24-20)17-9-5-3-6-10-17/h3,5-6,9-10,16,18,26H,4,7-8,11-15H2,1-2H3,(H,23,27). The van der Waals surface area contributed by atoms with E-state index in [0.717, 1.165) is 49.3 Å². The summed E-state index contributed by atoms with van der Waals surface area (Å²) in [5.74, 6) is 1.04. The van der Waals surface area contributed by atoms with Crippen LogP contribution in [0, 0.1) is 5.92 Å². The van der Waals surface area contributed by atoms with Gasteiger partial charge in [0.05, 0.1) is 18.4 Å². The molecule has 1 aliphatic heterocycles. The molecule has 0 fully saturated rings. The SMILES string of the molecule is CC(C)COCC(O)CNC(=O)c1nc(-c2ccccc2)n2c1CCCCC2. The number of carbonyl (C=O) groups excluding carboxylic acids is 1. The summed E-state index contributed by atoms with van der Waals surface area (Å²) in [6.45, 7) is 5.97. The normalized spacial score (nSPS) is 15.1. The van der Waals surface area contributed by atoms with Crippen molar-refractivity contribution < 1.29 is 14.6 Å². The third kappa shape index (κ3) is 5.20. The molecule has 0 bridgehead atoms. The highest BCUT2D eigenvalue weighted by atomic mass is 16.5. The van der Waals surface area contributed by atoms with E-state index in [9.17, 15) is 9.90 Å². The van der Waals surface area contributed by atoms with Crippen molar-refractivity contribution in [2.24, 2.45) is 5.92 Å². The smallest absolute Gasteiger partial charge is 0.271 e. The van der Waals surface area contributed by atoms with Crippen molar-refractivity contribution in [3.05, 3.63) is 41.7 Å². The number of carbonyl (C=O) groups is 1. The molecule has 1 unspecified atom stereocenters. The van der Waals surface area contributed by atoms with Gasteiger partial charge in [-0.1, -0.05) is 50.6 Å². The van der Waals surface area contributed by atoms with E-state index in [1.165, 1.54) is 0 Å². The minimum absolute atomic E-state index is 0.157. The van der Waals surface area contributed by atoms with Crippen molar-refractivity contribution in [3.63, 3.8) is 0 Å². The Bertz CT molecular complexity index is 771. The predicted octanol–water partition coefficient (Wildman–Crippen LogP) is 3.04. The van der Waals surface area contributed by atoms with Gasteiger partial charge in [-0.25, -0.2) is 4.98 Å². The topological polar surface area (TPSA) is 76.4 Å². The average molecular weight is 386 g/mol. The van der Waals surface area contributed by atoms with Crippen LogP contribution in [0.25, 0.3) is 11.4 Å². The van der Waals surface area contributed by atoms with E-state index in [1.54, 1.807) is 0 Å². The Morgan fingerprint density at radius 1 is 1.21 bits per heavy atom. The Labute approximate surface area is 166 Å². The lowest BCUT2D eigenvalue weighted by molar-refractivity contribution is 0.0259. The van der Waals surface area contributed by atoms with Gasteiger partial charge in [0.15, 0.2) is 0 Å². The summed E-state index contributed by atoms with van der Waals surface area (Å²) in [7, 11) is 0. The van der Waals surface area contributed by atoms with Gasteiger partial charge in [0.2, 0.25) is 0 Å². The molecular weight excluding hydrogens is 354 g/mol. The number of aliphatic hydroxyl groups excluding tert-OH is 1. The molecule has 0 radical (unpaired) electrons. The molecule has 6 heteroatoms. The zero-order valence-electron chi connectivity index (χ0n) is 16.9. The number of nitrogens with one attached hydrogen (secondary N) is 1. The lowest BCUT2D eigenvalue weighted by Crippen LogP contribution is -2.35. The van der Waals surface area contributed by atoms with Gasteiger partial charge in [0, 0.05) is 25.3 Å². The molecule has 28 heavy (non-hydrogen) atoms. The van der Waals surface area contributed by atoms with E-state index in [1.807, 2.05) is 30.3 Å². The molecule has 1 amide bonds. The molecule has 0 spiro atoms. The van der Waals surface area contributed by atoms with E-state index in [0.29, 0.717) is 18.2 Å². The molecule has 2 N–H and O–H groups in total. The van der Waals surface area contributed by atoms with Crippen LogP contribution in [0.2, 0.25) is 0 Å². The number of rotatable bonds is 8. The highest BCUT2D eigenvalue weighted by Gasteiger charge is 2.24. The second-order valence-electron chi connectivity index (χ2n) is 7.85. The summed E-state index contributed by atoms with van der Waals surface area (Å²) in [4.78, 5) is 17.5. The van der Waals surface area contributed by atoms with E-state index >= 15 is 0 Å². The maximum Gasteiger partial charge on any atom is 0.271 e. The van der Waals surface area contributed by atoms with Gasteiger partial charge in [0.25, 0.3) is 5.91 Å². The molecular formula is C22H31N3O3. The average Bonchev–Trinajstić information content (AvgIpc) is 2.88. The lowest BCUT2D eigenvalue weighted by atomic mass is 10.1. The minimum Gasteiger partial charge on any atom is -0.389 e. The number of ether oxygens (including phenoxy) is 1. The minimum atomic E-state index is -0.725. The summed E-state index contributed by atoms with van der Waals surface area (Å²) in [6.07, 6.45) is 3.44. The zero-order valence-corrected chi connectivity index (χ0v) is 16.9. The molecule has 2 aromatic rings. The molecule has 6 nitrogen and oxygen atoms in total. The molecule has 1 atom stereocenters. The first-order valence-electron chi connectivity index (χ1n) is 10.2. The summed E-state index contributed by atoms with van der Waals surface area (Å²) in [5, 5.41) is 12.9. The van der Waals surface area contributed by atoms with Crippen LogP contribution in [0.4, 0.5) is 0 Å². The highest BCUT2D eigenvalue weighted by Crippen LogP contribution is 2.27. The molecule has 3 rings (SSSR count). The van der Waals surface area contributed by atoms with Gasteiger partial charge in [-0.2, -0.15) is 0 Å². The van der Waals surface area contributed by atoms with E-state index < -0.39 is 6.10 Å². The summed E-state index contributed by atoms with van der Waals surface area (Å²) >= 11 is 0. The second-order valence-corrected chi connectivity index (χ2v) is 7.85. The van der Waals surface area contributed by atoms with Crippen molar-refractivity contribution in [2.75, 3.05) is 19.8 Å². The van der Waals surface area contributed by atoms with Gasteiger partial charge in [-0.3, -0.25) is 4.79 Å². The second kappa shape index (κ2) is 9.85. The van der Waals surface area contributed by atoms with Gasteiger partial charge < -0.3 is 19.7 Å². The Balaban J connectivity index is 1.72. The highest BCUT2D eigenvalue weighted by molar-refractivity contribution is 5.94. The third-order valence-corrected chi connectivity index (χ3v) is 4.87. The largest absolute Gasteiger partial charge is 0.389 e. The molecule has 1 aromatic carbocycles. The predicted molar refractivity (Wildman–Crippen MR) is 109 cm³/mol. The lowest BCUT2D eigenvalue weighted by Gasteiger charge is -2.13. The van der Waals surface area contributed by atoms with Crippen LogP contribution >= 0.6 is 0 Å². The first-order valence-corrected chi connectivity index (χ1v) is 10.2. The fourth-order valence-corrected chi connectivity index (χ4v) is 3.50. The van der Waals surface area contributed by atoms with E-state index in [2.05, 4.69) is 23.7 Å². The van der Waals surface area contributed by atoms with Crippen molar-refractivity contribution in [3.8, 4) is 11.4 Å². The van der Waals surface area contributed by atoms with Crippen molar-refractivity contribution in [2.45, 2.75) is 52.2 Å². The molecule has 152 valence electrons. The first-order chi connectivity index (χ1) is 13.6. The van der Waals surface area contributed by atoms with Gasteiger partial charge in [-0.05, 0) is 25.2 Å². The Morgan fingerprint density at radius 2 is 2.00 bits per heavy atom. The molecule has 0 saturated carbocycles.